The standard InChI is InChI=1S/C10H17NO2/c1-10(4-6-13-7-5-10)9(12)11-8-2-3-8/h8H,2-7H2,1H3,(H,11,12). The Balaban J connectivity index is 1.90. The van der Waals surface area contributed by atoms with Gasteiger partial charge in [0, 0.05) is 19.3 Å². The molecule has 0 aromatic heterocycles. The van der Waals surface area contributed by atoms with Gasteiger partial charge in [0.2, 0.25) is 5.91 Å². The van der Waals surface area contributed by atoms with Crippen molar-refractivity contribution in [3.63, 3.8) is 0 Å². The molecule has 0 aromatic carbocycles. The predicted molar refractivity (Wildman–Crippen MR) is 49.3 cm³/mol. The van der Waals surface area contributed by atoms with Crippen LogP contribution >= 0.6 is 0 Å². The molecule has 0 aromatic rings. The highest BCUT2D eigenvalue weighted by Crippen LogP contribution is 2.31. The summed E-state index contributed by atoms with van der Waals surface area (Å²) in [6, 6.07) is 0.479. The minimum atomic E-state index is -0.166. The molecule has 1 aliphatic heterocycles. The summed E-state index contributed by atoms with van der Waals surface area (Å²) in [6.45, 7) is 3.51. The third-order valence-electron chi connectivity index (χ3n) is 3.06. The molecule has 1 aliphatic carbocycles. The lowest BCUT2D eigenvalue weighted by atomic mass is 9.81. The molecule has 0 atom stereocenters. The molecule has 0 bridgehead atoms. The van der Waals surface area contributed by atoms with Crippen LogP contribution in [-0.4, -0.2) is 25.2 Å². The zero-order valence-electron chi connectivity index (χ0n) is 8.14. The molecular formula is C10H17NO2. The SMILES string of the molecule is CC1(C(=O)NC2CC2)CCOCC1. The van der Waals surface area contributed by atoms with E-state index in [9.17, 15) is 4.79 Å². The minimum absolute atomic E-state index is 0.166. The van der Waals surface area contributed by atoms with E-state index in [2.05, 4.69) is 5.32 Å². The first kappa shape index (κ1) is 9.00. The quantitative estimate of drug-likeness (QED) is 0.695. The molecule has 0 spiro atoms. The topological polar surface area (TPSA) is 38.3 Å². The molecule has 1 N–H and O–H groups in total. The number of hydrogen-bond donors (Lipinski definition) is 1. The number of amides is 1. The molecule has 0 radical (unpaired) electrons. The molecule has 2 aliphatic rings. The zero-order valence-corrected chi connectivity index (χ0v) is 8.14. The van der Waals surface area contributed by atoms with Crippen molar-refractivity contribution in [3.8, 4) is 0 Å². The molecule has 3 nitrogen and oxygen atoms in total. The number of carbonyl (C=O) groups excluding carboxylic acids is 1. The molecule has 1 amide bonds. The zero-order chi connectivity index (χ0) is 9.31. The Labute approximate surface area is 78.8 Å². The molecule has 1 saturated carbocycles. The van der Waals surface area contributed by atoms with E-state index in [1.165, 1.54) is 12.8 Å². The Morgan fingerprint density at radius 1 is 1.38 bits per heavy atom. The van der Waals surface area contributed by atoms with Crippen LogP contribution < -0.4 is 5.32 Å². The van der Waals surface area contributed by atoms with Crippen molar-refractivity contribution in [2.45, 2.75) is 38.6 Å². The maximum atomic E-state index is 11.8. The van der Waals surface area contributed by atoms with Gasteiger partial charge in [-0.15, -0.1) is 0 Å². The van der Waals surface area contributed by atoms with Gasteiger partial charge in [-0.3, -0.25) is 4.79 Å². The highest BCUT2D eigenvalue weighted by Gasteiger charge is 2.37. The van der Waals surface area contributed by atoms with E-state index in [1.54, 1.807) is 0 Å². The van der Waals surface area contributed by atoms with Crippen LogP contribution in [0.1, 0.15) is 32.6 Å². The molecule has 3 heteroatoms. The van der Waals surface area contributed by atoms with Gasteiger partial charge in [-0.25, -0.2) is 0 Å². The van der Waals surface area contributed by atoms with Crippen LogP contribution in [0.25, 0.3) is 0 Å². The summed E-state index contributed by atoms with van der Waals surface area (Å²) in [5.74, 6) is 0.235. The van der Waals surface area contributed by atoms with Crippen LogP contribution in [0, 0.1) is 5.41 Å². The summed E-state index contributed by atoms with van der Waals surface area (Å²) >= 11 is 0. The van der Waals surface area contributed by atoms with Crippen molar-refractivity contribution in [1.29, 1.82) is 0 Å². The predicted octanol–water partition coefficient (Wildman–Crippen LogP) is 1.08. The van der Waals surface area contributed by atoms with Crippen LogP contribution in [-0.2, 0) is 9.53 Å². The Bertz CT molecular complexity index is 205. The average molecular weight is 183 g/mol. The highest BCUT2D eigenvalue weighted by atomic mass is 16.5. The molecular weight excluding hydrogens is 166 g/mol. The maximum absolute atomic E-state index is 11.8. The third kappa shape index (κ3) is 2.02. The number of ether oxygens (including phenoxy) is 1. The number of rotatable bonds is 2. The number of hydrogen-bond acceptors (Lipinski definition) is 2. The fraction of sp³-hybridized carbons (Fsp3) is 0.900. The fourth-order valence-electron chi connectivity index (χ4n) is 1.64. The van der Waals surface area contributed by atoms with E-state index in [1.807, 2.05) is 6.92 Å². The van der Waals surface area contributed by atoms with Crippen LogP contribution in [0.4, 0.5) is 0 Å². The lowest BCUT2D eigenvalue weighted by Gasteiger charge is -2.31. The van der Waals surface area contributed by atoms with Gasteiger partial charge in [-0.2, -0.15) is 0 Å². The van der Waals surface area contributed by atoms with Crippen molar-refractivity contribution in [1.82, 2.24) is 5.32 Å². The summed E-state index contributed by atoms with van der Waals surface area (Å²) in [7, 11) is 0. The van der Waals surface area contributed by atoms with Crippen LogP contribution in [0.3, 0.4) is 0 Å². The maximum Gasteiger partial charge on any atom is 0.226 e. The largest absolute Gasteiger partial charge is 0.381 e. The summed E-state index contributed by atoms with van der Waals surface area (Å²) in [5, 5.41) is 3.07. The van der Waals surface area contributed by atoms with Gasteiger partial charge in [-0.1, -0.05) is 6.92 Å². The van der Waals surface area contributed by atoms with E-state index in [0.717, 1.165) is 26.1 Å². The Morgan fingerprint density at radius 2 is 2.00 bits per heavy atom. The average Bonchev–Trinajstić information content (AvgIpc) is 2.89. The lowest BCUT2D eigenvalue weighted by molar-refractivity contribution is -0.135. The second kappa shape index (κ2) is 3.29. The first-order chi connectivity index (χ1) is 6.21. The Hall–Kier alpha value is -0.570. The smallest absolute Gasteiger partial charge is 0.226 e. The summed E-state index contributed by atoms with van der Waals surface area (Å²) in [5.41, 5.74) is -0.166. The first-order valence-corrected chi connectivity index (χ1v) is 5.09. The van der Waals surface area contributed by atoms with Crippen molar-refractivity contribution >= 4 is 5.91 Å². The number of nitrogens with one attached hydrogen (secondary N) is 1. The van der Waals surface area contributed by atoms with Gasteiger partial charge < -0.3 is 10.1 Å². The van der Waals surface area contributed by atoms with Gasteiger partial charge in [0.15, 0.2) is 0 Å². The van der Waals surface area contributed by atoms with Crippen molar-refractivity contribution < 1.29 is 9.53 Å². The van der Waals surface area contributed by atoms with Gasteiger partial charge >= 0.3 is 0 Å². The van der Waals surface area contributed by atoms with E-state index in [0.29, 0.717) is 6.04 Å². The van der Waals surface area contributed by atoms with Crippen LogP contribution in [0.2, 0.25) is 0 Å². The minimum Gasteiger partial charge on any atom is -0.381 e. The monoisotopic (exact) mass is 183 g/mol. The lowest BCUT2D eigenvalue weighted by Crippen LogP contribution is -2.43. The Morgan fingerprint density at radius 3 is 2.54 bits per heavy atom. The fourth-order valence-corrected chi connectivity index (χ4v) is 1.64. The van der Waals surface area contributed by atoms with Gasteiger partial charge in [0.25, 0.3) is 0 Å². The van der Waals surface area contributed by atoms with Crippen LogP contribution in [0.5, 0.6) is 0 Å². The number of carbonyl (C=O) groups is 1. The van der Waals surface area contributed by atoms with Crippen molar-refractivity contribution in [2.24, 2.45) is 5.41 Å². The summed E-state index contributed by atoms with van der Waals surface area (Å²) in [4.78, 5) is 11.8. The molecule has 0 unspecified atom stereocenters. The first-order valence-electron chi connectivity index (χ1n) is 5.09. The molecule has 1 saturated heterocycles. The van der Waals surface area contributed by atoms with E-state index >= 15 is 0 Å². The van der Waals surface area contributed by atoms with Crippen molar-refractivity contribution in [3.05, 3.63) is 0 Å². The Kier molecular flexibility index (Phi) is 2.28. The molecule has 1 heterocycles. The molecule has 2 rings (SSSR count). The van der Waals surface area contributed by atoms with E-state index in [-0.39, 0.29) is 11.3 Å². The van der Waals surface area contributed by atoms with Gasteiger partial charge in [0.1, 0.15) is 0 Å². The normalized spacial score (nSPS) is 26.8. The van der Waals surface area contributed by atoms with Crippen LogP contribution in [0.15, 0.2) is 0 Å². The highest BCUT2D eigenvalue weighted by molar-refractivity contribution is 5.82. The van der Waals surface area contributed by atoms with E-state index in [4.69, 9.17) is 4.74 Å². The summed E-state index contributed by atoms with van der Waals surface area (Å²) in [6.07, 6.45) is 4.06. The van der Waals surface area contributed by atoms with Gasteiger partial charge in [-0.05, 0) is 25.7 Å². The second-order valence-corrected chi connectivity index (χ2v) is 4.42. The van der Waals surface area contributed by atoms with Crippen molar-refractivity contribution in [2.75, 3.05) is 13.2 Å². The van der Waals surface area contributed by atoms with E-state index < -0.39 is 0 Å². The second-order valence-electron chi connectivity index (χ2n) is 4.42. The molecule has 74 valence electrons. The summed E-state index contributed by atoms with van der Waals surface area (Å²) < 4.78 is 5.26. The van der Waals surface area contributed by atoms with Gasteiger partial charge in [0.05, 0.1) is 5.41 Å². The molecule has 13 heavy (non-hydrogen) atoms. The molecule has 2 fully saturated rings. The third-order valence-corrected chi connectivity index (χ3v) is 3.06.